The maximum atomic E-state index is 4.47. The Kier molecular flexibility index (Phi) is 3.37. The molecule has 0 saturated carbocycles. The Bertz CT molecular complexity index is 701. The summed E-state index contributed by atoms with van der Waals surface area (Å²) < 4.78 is 2.18. The summed E-state index contributed by atoms with van der Waals surface area (Å²) in [5, 5.41) is 3.41. The first kappa shape index (κ1) is 12.7. The molecule has 4 heteroatoms. The van der Waals surface area contributed by atoms with Crippen LogP contribution in [0.5, 0.6) is 0 Å². The highest BCUT2D eigenvalue weighted by molar-refractivity contribution is 5.79. The molecule has 4 nitrogen and oxygen atoms in total. The quantitative estimate of drug-likeness (QED) is 0.784. The van der Waals surface area contributed by atoms with Crippen LogP contribution in [0, 0.1) is 0 Å². The third-order valence-electron chi connectivity index (χ3n) is 3.38. The second-order valence-corrected chi connectivity index (χ2v) is 5.16. The van der Waals surface area contributed by atoms with E-state index >= 15 is 0 Å². The molecule has 1 aromatic carbocycles. The number of benzene rings is 1. The number of nitrogens with one attached hydrogen (secondary N) is 1. The number of hydrogen-bond acceptors (Lipinski definition) is 3. The fraction of sp³-hybridized carbons (Fsp3) is 0.250. The zero-order chi connectivity index (χ0) is 13.9. The van der Waals surface area contributed by atoms with E-state index < -0.39 is 0 Å². The van der Waals surface area contributed by atoms with Crippen LogP contribution in [0.25, 0.3) is 11.0 Å². The van der Waals surface area contributed by atoms with Gasteiger partial charge in [-0.3, -0.25) is 4.98 Å². The van der Waals surface area contributed by atoms with Crippen LogP contribution in [-0.2, 0) is 6.54 Å². The van der Waals surface area contributed by atoms with Crippen LogP contribution in [0.2, 0.25) is 0 Å². The number of pyridine rings is 1. The summed E-state index contributed by atoms with van der Waals surface area (Å²) in [5.41, 5.74) is 4.50. The largest absolute Gasteiger partial charge is 0.381 e. The molecule has 0 fully saturated rings. The normalized spacial score (nSPS) is 11.2. The fourth-order valence-corrected chi connectivity index (χ4v) is 2.26. The molecule has 0 aliphatic carbocycles. The predicted octanol–water partition coefficient (Wildman–Crippen LogP) is 3.62. The lowest BCUT2D eigenvalue weighted by Crippen LogP contribution is -2.00. The van der Waals surface area contributed by atoms with Crippen molar-refractivity contribution in [2.24, 2.45) is 0 Å². The van der Waals surface area contributed by atoms with Crippen molar-refractivity contribution in [2.75, 3.05) is 5.32 Å². The van der Waals surface area contributed by atoms with E-state index in [1.165, 1.54) is 11.1 Å². The van der Waals surface area contributed by atoms with Crippen molar-refractivity contribution in [1.82, 2.24) is 14.5 Å². The Balaban J connectivity index is 1.80. The van der Waals surface area contributed by atoms with Crippen LogP contribution in [0.15, 0.2) is 49.1 Å². The number of anilines is 1. The Morgan fingerprint density at radius 3 is 2.70 bits per heavy atom. The molecule has 0 atom stereocenters. The van der Waals surface area contributed by atoms with Crippen molar-refractivity contribution in [3.63, 3.8) is 0 Å². The zero-order valence-electron chi connectivity index (χ0n) is 11.7. The Labute approximate surface area is 118 Å². The molecule has 0 amide bonds. The number of imidazole rings is 1. The summed E-state index contributed by atoms with van der Waals surface area (Å²) in [4.78, 5) is 8.49. The molecule has 0 aliphatic rings. The lowest BCUT2D eigenvalue weighted by molar-refractivity contribution is 0.617. The van der Waals surface area contributed by atoms with Crippen molar-refractivity contribution in [1.29, 1.82) is 0 Å². The van der Waals surface area contributed by atoms with Gasteiger partial charge < -0.3 is 9.88 Å². The molecule has 3 rings (SSSR count). The van der Waals surface area contributed by atoms with Gasteiger partial charge in [0.15, 0.2) is 0 Å². The van der Waals surface area contributed by atoms with Gasteiger partial charge in [-0.05, 0) is 49.7 Å². The van der Waals surface area contributed by atoms with Crippen LogP contribution in [0.1, 0.15) is 25.5 Å². The molecule has 0 saturated heterocycles. The molecule has 2 aromatic heterocycles. The van der Waals surface area contributed by atoms with E-state index in [-0.39, 0.29) is 0 Å². The van der Waals surface area contributed by atoms with E-state index in [1.54, 1.807) is 0 Å². The van der Waals surface area contributed by atoms with Gasteiger partial charge in [0.2, 0.25) is 0 Å². The van der Waals surface area contributed by atoms with E-state index in [4.69, 9.17) is 0 Å². The van der Waals surface area contributed by atoms with Gasteiger partial charge in [-0.15, -0.1) is 0 Å². The molecule has 0 aliphatic heterocycles. The molecule has 0 spiro atoms. The van der Waals surface area contributed by atoms with Gasteiger partial charge in [-0.2, -0.15) is 0 Å². The summed E-state index contributed by atoms with van der Waals surface area (Å²) in [5.74, 6) is 0. The SMILES string of the molecule is CC(C)n1cnc2cc(NCc3ccncc3)ccc21. The second kappa shape index (κ2) is 5.33. The van der Waals surface area contributed by atoms with Crippen molar-refractivity contribution >= 4 is 16.7 Å². The fourth-order valence-electron chi connectivity index (χ4n) is 2.26. The minimum Gasteiger partial charge on any atom is -0.381 e. The highest BCUT2D eigenvalue weighted by Crippen LogP contribution is 2.21. The molecule has 0 unspecified atom stereocenters. The van der Waals surface area contributed by atoms with E-state index in [1.807, 2.05) is 30.9 Å². The molecule has 3 aromatic rings. The predicted molar refractivity (Wildman–Crippen MR) is 81.7 cm³/mol. The van der Waals surface area contributed by atoms with E-state index in [2.05, 4.69) is 51.9 Å². The van der Waals surface area contributed by atoms with Gasteiger partial charge >= 0.3 is 0 Å². The molecule has 2 heterocycles. The lowest BCUT2D eigenvalue weighted by Gasteiger charge is -2.09. The number of fused-ring (bicyclic) bond motifs is 1. The van der Waals surface area contributed by atoms with Crippen LogP contribution in [0.4, 0.5) is 5.69 Å². The molecule has 20 heavy (non-hydrogen) atoms. The van der Waals surface area contributed by atoms with Gasteiger partial charge in [0.05, 0.1) is 17.4 Å². The average Bonchev–Trinajstić information content (AvgIpc) is 2.89. The third kappa shape index (κ3) is 2.50. The Morgan fingerprint density at radius 1 is 1.15 bits per heavy atom. The first-order chi connectivity index (χ1) is 9.74. The third-order valence-corrected chi connectivity index (χ3v) is 3.38. The van der Waals surface area contributed by atoms with Crippen LogP contribution in [-0.4, -0.2) is 14.5 Å². The summed E-state index contributed by atoms with van der Waals surface area (Å²) in [6.07, 6.45) is 5.52. The smallest absolute Gasteiger partial charge is 0.0960 e. The first-order valence-electron chi connectivity index (χ1n) is 6.83. The van der Waals surface area contributed by atoms with Gasteiger partial charge in [0.1, 0.15) is 0 Å². The maximum absolute atomic E-state index is 4.47. The summed E-state index contributed by atoms with van der Waals surface area (Å²) in [6.45, 7) is 5.12. The zero-order valence-corrected chi connectivity index (χ0v) is 11.7. The van der Waals surface area contributed by atoms with Crippen molar-refractivity contribution in [3.05, 3.63) is 54.6 Å². The van der Waals surface area contributed by atoms with Crippen molar-refractivity contribution in [3.8, 4) is 0 Å². The van der Waals surface area contributed by atoms with Gasteiger partial charge in [0.25, 0.3) is 0 Å². The van der Waals surface area contributed by atoms with Crippen LogP contribution >= 0.6 is 0 Å². The second-order valence-electron chi connectivity index (χ2n) is 5.16. The minimum atomic E-state index is 0.427. The van der Waals surface area contributed by atoms with Crippen LogP contribution < -0.4 is 5.32 Å². The van der Waals surface area contributed by atoms with Gasteiger partial charge in [0, 0.05) is 30.7 Å². The van der Waals surface area contributed by atoms with Gasteiger partial charge in [-0.1, -0.05) is 0 Å². The molecular weight excluding hydrogens is 248 g/mol. The van der Waals surface area contributed by atoms with Crippen LogP contribution in [0.3, 0.4) is 0 Å². The Morgan fingerprint density at radius 2 is 1.95 bits per heavy atom. The molecule has 0 bridgehead atoms. The van der Waals surface area contributed by atoms with Crippen molar-refractivity contribution < 1.29 is 0 Å². The number of rotatable bonds is 4. The lowest BCUT2D eigenvalue weighted by atomic mass is 10.2. The van der Waals surface area contributed by atoms with Gasteiger partial charge in [-0.25, -0.2) is 4.98 Å². The highest BCUT2D eigenvalue weighted by atomic mass is 15.1. The number of hydrogen-bond donors (Lipinski definition) is 1. The first-order valence-corrected chi connectivity index (χ1v) is 6.83. The Hall–Kier alpha value is -2.36. The average molecular weight is 266 g/mol. The molecular formula is C16H18N4. The standard InChI is InChI=1S/C16H18N4/c1-12(2)20-11-19-15-9-14(3-4-16(15)20)18-10-13-5-7-17-8-6-13/h3-9,11-12,18H,10H2,1-2H3. The molecule has 1 N–H and O–H groups in total. The highest BCUT2D eigenvalue weighted by Gasteiger charge is 2.05. The van der Waals surface area contributed by atoms with E-state index in [9.17, 15) is 0 Å². The van der Waals surface area contributed by atoms with Crippen molar-refractivity contribution in [2.45, 2.75) is 26.4 Å². The summed E-state index contributed by atoms with van der Waals surface area (Å²) in [7, 11) is 0. The number of aromatic nitrogens is 3. The molecule has 0 radical (unpaired) electrons. The minimum absolute atomic E-state index is 0.427. The molecule has 102 valence electrons. The monoisotopic (exact) mass is 266 g/mol. The topological polar surface area (TPSA) is 42.7 Å². The summed E-state index contributed by atoms with van der Waals surface area (Å²) >= 11 is 0. The maximum Gasteiger partial charge on any atom is 0.0960 e. The van der Waals surface area contributed by atoms with E-state index in [0.29, 0.717) is 6.04 Å². The summed E-state index contributed by atoms with van der Waals surface area (Å²) in [6, 6.07) is 10.8. The number of nitrogens with zero attached hydrogens (tertiary/aromatic N) is 3. The van der Waals surface area contributed by atoms with E-state index in [0.717, 1.165) is 17.7 Å².